The van der Waals surface area contributed by atoms with Crippen LogP contribution in [-0.2, 0) is 0 Å². The molecule has 0 unspecified atom stereocenters. The number of carbonyl (C=O) groups is 1. The summed E-state index contributed by atoms with van der Waals surface area (Å²) in [6.45, 7) is 0. The van der Waals surface area contributed by atoms with Crippen molar-refractivity contribution in [2.75, 3.05) is 5.32 Å². The minimum atomic E-state index is -1.01. The smallest absolute Gasteiger partial charge is 0.337 e. The van der Waals surface area contributed by atoms with Crippen molar-refractivity contribution in [1.82, 2.24) is 0 Å². The molecule has 1 aliphatic rings. The molecule has 0 bridgehead atoms. The third-order valence-corrected chi connectivity index (χ3v) is 3.67. The molecule has 1 aromatic rings. The van der Waals surface area contributed by atoms with E-state index in [2.05, 4.69) is 5.32 Å². The topological polar surface area (TPSA) is 75.3 Å². The maximum Gasteiger partial charge on any atom is 0.337 e. The molecule has 1 aliphatic carbocycles. The maximum atomic E-state index is 11.0. The van der Waals surface area contributed by atoms with Gasteiger partial charge in [0.2, 0.25) is 0 Å². The molecule has 1 fully saturated rings. The van der Waals surface area contributed by atoms with Crippen molar-refractivity contribution in [2.24, 2.45) is 5.73 Å². The van der Waals surface area contributed by atoms with Crippen LogP contribution in [0.25, 0.3) is 0 Å². The molecule has 1 aromatic carbocycles. The Morgan fingerprint density at radius 1 is 1.33 bits per heavy atom. The number of rotatable bonds is 3. The number of halogens is 1. The van der Waals surface area contributed by atoms with E-state index in [4.69, 9.17) is 22.4 Å². The molecular formula is C13H17ClN2O2. The molecule has 5 heteroatoms. The Hall–Kier alpha value is -1.26. The highest BCUT2D eigenvalue weighted by atomic mass is 35.5. The second-order valence-corrected chi connectivity index (χ2v) is 5.16. The van der Waals surface area contributed by atoms with Gasteiger partial charge in [-0.3, -0.25) is 0 Å². The molecule has 0 amide bonds. The molecule has 0 heterocycles. The minimum absolute atomic E-state index is 0.133. The zero-order valence-corrected chi connectivity index (χ0v) is 10.8. The lowest BCUT2D eigenvalue weighted by Gasteiger charge is -2.27. The van der Waals surface area contributed by atoms with Crippen LogP contribution in [0.4, 0.5) is 5.69 Å². The summed E-state index contributed by atoms with van der Waals surface area (Å²) in [6, 6.07) is 5.68. The van der Waals surface area contributed by atoms with Gasteiger partial charge < -0.3 is 16.2 Å². The third kappa shape index (κ3) is 3.15. The van der Waals surface area contributed by atoms with Crippen molar-refractivity contribution in [3.63, 3.8) is 0 Å². The number of hydrogen-bond acceptors (Lipinski definition) is 3. The standard InChI is InChI=1S/C13H17ClN2O2/c14-12-6-5-10(7-11(12)13(17)18)16-9-3-1-8(15)2-4-9/h5-9,16H,1-4,15H2,(H,17,18). The molecule has 1 saturated carbocycles. The van der Waals surface area contributed by atoms with Crippen LogP contribution >= 0.6 is 11.6 Å². The van der Waals surface area contributed by atoms with Crippen molar-refractivity contribution >= 4 is 23.3 Å². The number of hydrogen-bond donors (Lipinski definition) is 3. The molecule has 0 aromatic heterocycles. The summed E-state index contributed by atoms with van der Waals surface area (Å²) in [7, 11) is 0. The van der Waals surface area contributed by atoms with E-state index in [0.29, 0.717) is 12.1 Å². The lowest BCUT2D eigenvalue weighted by molar-refractivity contribution is 0.0697. The summed E-state index contributed by atoms with van der Waals surface area (Å²) >= 11 is 5.83. The molecule has 0 saturated heterocycles. The van der Waals surface area contributed by atoms with Gasteiger partial charge in [-0.1, -0.05) is 11.6 Å². The molecule has 0 radical (unpaired) electrons. The summed E-state index contributed by atoms with van der Waals surface area (Å²) in [5.74, 6) is -1.01. The Morgan fingerprint density at radius 3 is 2.61 bits per heavy atom. The van der Waals surface area contributed by atoms with E-state index in [9.17, 15) is 4.79 Å². The van der Waals surface area contributed by atoms with Gasteiger partial charge in [0, 0.05) is 17.8 Å². The highest BCUT2D eigenvalue weighted by Crippen LogP contribution is 2.24. The van der Waals surface area contributed by atoms with Crippen molar-refractivity contribution < 1.29 is 9.90 Å². The van der Waals surface area contributed by atoms with Crippen molar-refractivity contribution in [3.05, 3.63) is 28.8 Å². The molecule has 0 aliphatic heterocycles. The predicted octanol–water partition coefficient (Wildman–Crippen LogP) is 2.72. The van der Waals surface area contributed by atoms with Gasteiger partial charge in [-0.25, -0.2) is 4.79 Å². The van der Waals surface area contributed by atoms with Crippen molar-refractivity contribution in [1.29, 1.82) is 0 Å². The number of anilines is 1. The van der Waals surface area contributed by atoms with Gasteiger partial charge in [-0.05, 0) is 43.9 Å². The summed E-state index contributed by atoms with van der Waals surface area (Å²) in [6.07, 6.45) is 4.06. The molecule has 2 rings (SSSR count). The summed E-state index contributed by atoms with van der Waals surface area (Å²) < 4.78 is 0. The first-order valence-corrected chi connectivity index (χ1v) is 6.49. The van der Waals surface area contributed by atoms with Gasteiger partial charge >= 0.3 is 5.97 Å². The van der Waals surface area contributed by atoms with E-state index >= 15 is 0 Å². The van der Waals surface area contributed by atoms with E-state index in [0.717, 1.165) is 31.4 Å². The van der Waals surface area contributed by atoms with Crippen molar-refractivity contribution in [3.8, 4) is 0 Å². The Balaban J connectivity index is 2.05. The average molecular weight is 269 g/mol. The van der Waals surface area contributed by atoms with Crippen LogP contribution < -0.4 is 11.1 Å². The van der Waals surface area contributed by atoms with Crippen LogP contribution in [0, 0.1) is 0 Å². The largest absolute Gasteiger partial charge is 0.478 e. The van der Waals surface area contributed by atoms with Gasteiger partial charge in [0.25, 0.3) is 0 Å². The second kappa shape index (κ2) is 5.59. The Labute approximate surface area is 111 Å². The summed E-state index contributed by atoms with van der Waals surface area (Å²) in [4.78, 5) is 11.0. The van der Waals surface area contributed by atoms with Crippen LogP contribution in [0.15, 0.2) is 18.2 Å². The third-order valence-electron chi connectivity index (χ3n) is 3.34. The summed E-state index contributed by atoms with van der Waals surface area (Å²) in [5, 5.41) is 12.6. The predicted molar refractivity (Wildman–Crippen MR) is 72.3 cm³/mol. The zero-order chi connectivity index (χ0) is 13.1. The van der Waals surface area contributed by atoms with E-state index in [-0.39, 0.29) is 10.6 Å². The molecule has 4 nitrogen and oxygen atoms in total. The fourth-order valence-electron chi connectivity index (χ4n) is 2.28. The second-order valence-electron chi connectivity index (χ2n) is 4.76. The van der Waals surface area contributed by atoms with Gasteiger partial charge in [0.05, 0.1) is 10.6 Å². The SMILES string of the molecule is NC1CCC(Nc2ccc(Cl)c(C(=O)O)c2)CC1. The van der Waals surface area contributed by atoms with Gasteiger partial charge in [0.15, 0.2) is 0 Å². The van der Waals surface area contributed by atoms with Crippen LogP contribution in [0.1, 0.15) is 36.0 Å². The fraction of sp³-hybridized carbons (Fsp3) is 0.462. The molecule has 4 N–H and O–H groups in total. The van der Waals surface area contributed by atoms with Gasteiger partial charge in [-0.2, -0.15) is 0 Å². The fourth-order valence-corrected chi connectivity index (χ4v) is 2.48. The Kier molecular flexibility index (Phi) is 4.09. The number of carboxylic acids is 1. The van der Waals surface area contributed by atoms with Crippen LogP contribution in [-0.4, -0.2) is 23.2 Å². The number of carboxylic acid groups (broad SMARTS) is 1. The van der Waals surface area contributed by atoms with E-state index in [1.807, 2.05) is 6.07 Å². The average Bonchev–Trinajstić information content (AvgIpc) is 2.34. The number of aromatic carboxylic acids is 1. The zero-order valence-electron chi connectivity index (χ0n) is 10.0. The number of nitrogens with one attached hydrogen (secondary N) is 1. The van der Waals surface area contributed by atoms with Crippen molar-refractivity contribution in [2.45, 2.75) is 37.8 Å². The lowest BCUT2D eigenvalue weighted by Crippen LogP contribution is -2.32. The summed E-state index contributed by atoms with van der Waals surface area (Å²) in [5.41, 5.74) is 6.79. The maximum absolute atomic E-state index is 11.0. The van der Waals surface area contributed by atoms with E-state index in [1.165, 1.54) is 0 Å². The Morgan fingerprint density at radius 2 is 2.00 bits per heavy atom. The first kappa shape index (κ1) is 13.2. The highest BCUT2D eigenvalue weighted by molar-refractivity contribution is 6.33. The molecule has 0 spiro atoms. The lowest BCUT2D eigenvalue weighted by atomic mass is 9.91. The van der Waals surface area contributed by atoms with Crippen LogP contribution in [0.3, 0.4) is 0 Å². The molecular weight excluding hydrogens is 252 g/mol. The highest BCUT2D eigenvalue weighted by Gasteiger charge is 2.18. The van der Waals surface area contributed by atoms with Crippen LogP contribution in [0.2, 0.25) is 5.02 Å². The van der Waals surface area contributed by atoms with E-state index < -0.39 is 5.97 Å². The normalized spacial score (nSPS) is 23.7. The minimum Gasteiger partial charge on any atom is -0.478 e. The van der Waals surface area contributed by atoms with Gasteiger partial charge in [0.1, 0.15) is 0 Å². The van der Waals surface area contributed by atoms with E-state index in [1.54, 1.807) is 12.1 Å². The number of benzene rings is 1. The molecule has 18 heavy (non-hydrogen) atoms. The van der Waals surface area contributed by atoms with Gasteiger partial charge in [-0.15, -0.1) is 0 Å². The monoisotopic (exact) mass is 268 g/mol. The number of nitrogens with two attached hydrogens (primary N) is 1. The first-order valence-electron chi connectivity index (χ1n) is 6.11. The molecule has 98 valence electrons. The Bertz CT molecular complexity index is 443. The first-order chi connectivity index (χ1) is 8.56. The van der Waals surface area contributed by atoms with Crippen LogP contribution in [0.5, 0.6) is 0 Å². The molecule has 0 atom stereocenters. The quantitative estimate of drug-likeness (QED) is 0.788.